The number of carboxylic acids is 1. The second-order valence-electron chi connectivity index (χ2n) is 7.95. The van der Waals surface area contributed by atoms with Gasteiger partial charge >= 0.3 is 11.8 Å². The van der Waals surface area contributed by atoms with Crippen LogP contribution in [0.5, 0.6) is 0 Å². The molecule has 0 bridgehead atoms. The number of carbonyl (C=O) groups is 1. The standard InChI is InChI=1S/C23H28N2O2/c1-13-8-15(3)20(16(4)9-13)24-12-19(7)25(22(24)23(26)27)21-17(5)10-14(2)11-18(21)6/h8-11,19H,12H2,1-7H3/p+1. The van der Waals surface area contributed by atoms with Crippen LogP contribution in [0.2, 0.25) is 0 Å². The molecule has 4 heteroatoms. The third kappa shape index (κ3) is 3.25. The van der Waals surface area contributed by atoms with Gasteiger partial charge in [0.25, 0.3) is 0 Å². The number of anilines is 1. The molecule has 0 amide bonds. The van der Waals surface area contributed by atoms with E-state index in [0.717, 1.165) is 33.6 Å². The smallest absolute Gasteiger partial charge is 0.419 e. The molecule has 0 aromatic heterocycles. The van der Waals surface area contributed by atoms with Gasteiger partial charge in [-0.15, -0.1) is 0 Å². The molecule has 0 aliphatic carbocycles. The van der Waals surface area contributed by atoms with Gasteiger partial charge in [0.15, 0.2) is 0 Å². The Bertz CT molecular complexity index is 926. The first-order chi connectivity index (χ1) is 12.6. The second-order valence-corrected chi connectivity index (χ2v) is 7.95. The van der Waals surface area contributed by atoms with E-state index in [1.807, 2.05) is 9.48 Å². The molecule has 0 fully saturated rings. The van der Waals surface area contributed by atoms with Crippen LogP contribution in [0, 0.1) is 41.5 Å². The van der Waals surface area contributed by atoms with Gasteiger partial charge in [-0.25, -0.2) is 14.3 Å². The molecule has 142 valence electrons. The fourth-order valence-electron chi connectivity index (χ4n) is 4.66. The topological polar surface area (TPSA) is 43.5 Å². The minimum Gasteiger partial charge on any atom is -0.472 e. The molecule has 1 aliphatic heterocycles. The zero-order chi connectivity index (χ0) is 20.0. The largest absolute Gasteiger partial charge is 0.472 e. The Kier molecular flexibility index (Phi) is 4.85. The van der Waals surface area contributed by atoms with E-state index in [1.54, 1.807) is 0 Å². The highest BCUT2D eigenvalue weighted by Crippen LogP contribution is 2.34. The summed E-state index contributed by atoms with van der Waals surface area (Å²) in [6.45, 7) is 15.1. The fraction of sp³-hybridized carbons (Fsp3) is 0.391. The van der Waals surface area contributed by atoms with Crippen LogP contribution < -0.4 is 4.90 Å². The summed E-state index contributed by atoms with van der Waals surface area (Å²) in [5, 5.41) is 10.1. The molecule has 3 rings (SSSR count). The zero-order valence-electron chi connectivity index (χ0n) is 17.3. The molecule has 4 nitrogen and oxygen atoms in total. The lowest BCUT2D eigenvalue weighted by atomic mass is 10.0. The van der Waals surface area contributed by atoms with E-state index >= 15 is 0 Å². The zero-order valence-corrected chi connectivity index (χ0v) is 17.3. The quantitative estimate of drug-likeness (QED) is 0.810. The molecular weight excluding hydrogens is 336 g/mol. The Morgan fingerprint density at radius 2 is 1.37 bits per heavy atom. The average molecular weight is 365 g/mol. The molecular formula is C23H29N2O2+. The first-order valence-corrected chi connectivity index (χ1v) is 9.44. The van der Waals surface area contributed by atoms with Gasteiger partial charge in [0.2, 0.25) is 0 Å². The number of carboxylic acid groups (broad SMARTS) is 1. The van der Waals surface area contributed by atoms with Crippen LogP contribution in [0.15, 0.2) is 24.3 Å². The number of rotatable bonds is 3. The van der Waals surface area contributed by atoms with Gasteiger partial charge in [0.1, 0.15) is 24.0 Å². The third-order valence-corrected chi connectivity index (χ3v) is 5.34. The molecule has 0 spiro atoms. The summed E-state index contributed by atoms with van der Waals surface area (Å²) in [5.74, 6) is -0.550. The maximum Gasteiger partial charge on any atom is 0.419 e. The van der Waals surface area contributed by atoms with E-state index in [0.29, 0.717) is 12.4 Å². The van der Waals surface area contributed by atoms with E-state index in [9.17, 15) is 9.90 Å². The number of hydrogen-bond donors (Lipinski definition) is 1. The monoisotopic (exact) mass is 365 g/mol. The van der Waals surface area contributed by atoms with Crippen LogP contribution in [-0.4, -0.2) is 34.1 Å². The number of benzene rings is 2. The summed E-state index contributed by atoms with van der Waals surface area (Å²) < 4.78 is 2.01. The highest BCUT2D eigenvalue weighted by molar-refractivity contribution is 6.38. The predicted molar refractivity (Wildman–Crippen MR) is 111 cm³/mol. The van der Waals surface area contributed by atoms with Crippen molar-refractivity contribution in [3.05, 3.63) is 57.6 Å². The van der Waals surface area contributed by atoms with Crippen molar-refractivity contribution in [2.75, 3.05) is 11.4 Å². The lowest BCUT2D eigenvalue weighted by Gasteiger charge is -2.17. The summed E-state index contributed by atoms with van der Waals surface area (Å²) in [6, 6.07) is 8.56. The van der Waals surface area contributed by atoms with Crippen LogP contribution in [0.25, 0.3) is 0 Å². The van der Waals surface area contributed by atoms with Crippen LogP contribution in [-0.2, 0) is 4.79 Å². The molecule has 1 heterocycles. The Labute approximate surface area is 161 Å². The average Bonchev–Trinajstić information content (AvgIpc) is 2.82. The summed E-state index contributed by atoms with van der Waals surface area (Å²) in [7, 11) is 0. The van der Waals surface area contributed by atoms with Gasteiger partial charge in [-0.1, -0.05) is 35.4 Å². The number of nitrogens with zero attached hydrogens (tertiary/aromatic N) is 2. The lowest BCUT2D eigenvalue weighted by Crippen LogP contribution is -2.36. The van der Waals surface area contributed by atoms with Crippen molar-refractivity contribution in [3.63, 3.8) is 0 Å². The van der Waals surface area contributed by atoms with Crippen molar-refractivity contribution >= 4 is 23.2 Å². The van der Waals surface area contributed by atoms with Gasteiger partial charge in [0.05, 0.1) is 0 Å². The Balaban J connectivity index is 2.29. The predicted octanol–water partition coefficient (Wildman–Crippen LogP) is 4.57. The number of aliphatic carboxylic acids is 1. The van der Waals surface area contributed by atoms with Crippen LogP contribution in [0.3, 0.4) is 0 Å². The third-order valence-electron chi connectivity index (χ3n) is 5.34. The minimum absolute atomic E-state index is 0.0660. The fourth-order valence-corrected chi connectivity index (χ4v) is 4.66. The summed E-state index contributed by atoms with van der Waals surface area (Å²) >= 11 is 0. The van der Waals surface area contributed by atoms with Crippen molar-refractivity contribution in [3.8, 4) is 0 Å². The molecule has 2 aromatic rings. The van der Waals surface area contributed by atoms with Crippen molar-refractivity contribution in [1.29, 1.82) is 0 Å². The maximum absolute atomic E-state index is 12.4. The van der Waals surface area contributed by atoms with Crippen LogP contribution in [0.1, 0.15) is 40.3 Å². The molecule has 0 saturated heterocycles. The molecule has 1 unspecified atom stereocenters. The SMILES string of the molecule is Cc1cc(C)c(N2CC(C)[N+](c3c(C)cc(C)cc3C)=C2C(=O)O)c(C)c1. The maximum atomic E-state index is 12.4. The van der Waals surface area contributed by atoms with Gasteiger partial charge in [-0.2, -0.15) is 0 Å². The lowest BCUT2D eigenvalue weighted by molar-refractivity contribution is -0.468. The minimum atomic E-state index is -0.891. The van der Waals surface area contributed by atoms with Crippen molar-refractivity contribution in [1.82, 2.24) is 0 Å². The highest BCUT2D eigenvalue weighted by Gasteiger charge is 2.45. The molecule has 1 aliphatic rings. The summed E-state index contributed by atoms with van der Waals surface area (Å²) in [5.41, 5.74) is 8.84. The van der Waals surface area contributed by atoms with Gasteiger partial charge < -0.3 is 5.11 Å². The molecule has 1 N–H and O–H groups in total. The molecule has 2 aromatic carbocycles. The number of amidine groups is 1. The molecule has 1 atom stereocenters. The number of hydrogen-bond acceptors (Lipinski definition) is 2. The Hall–Kier alpha value is -2.62. The van der Waals surface area contributed by atoms with Crippen molar-refractivity contribution in [2.45, 2.75) is 54.5 Å². The molecule has 27 heavy (non-hydrogen) atoms. The van der Waals surface area contributed by atoms with Crippen LogP contribution in [0.4, 0.5) is 11.4 Å². The summed E-state index contributed by atoms with van der Waals surface area (Å²) in [6.07, 6.45) is 0. The second kappa shape index (κ2) is 6.84. The van der Waals surface area contributed by atoms with Crippen LogP contribution >= 0.6 is 0 Å². The van der Waals surface area contributed by atoms with E-state index in [4.69, 9.17) is 0 Å². The van der Waals surface area contributed by atoms with E-state index < -0.39 is 5.97 Å². The van der Waals surface area contributed by atoms with E-state index in [1.165, 1.54) is 11.1 Å². The highest BCUT2D eigenvalue weighted by atomic mass is 16.4. The Morgan fingerprint density at radius 1 is 0.926 bits per heavy atom. The first-order valence-electron chi connectivity index (χ1n) is 9.44. The van der Waals surface area contributed by atoms with E-state index in [2.05, 4.69) is 72.7 Å². The van der Waals surface area contributed by atoms with Crippen molar-refractivity contribution < 1.29 is 14.5 Å². The normalized spacial score (nSPS) is 17.0. The molecule has 0 saturated carbocycles. The van der Waals surface area contributed by atoms with E-state index in [-0.39, 0.29) is 6.04 Å². The van der Waals surface area contributed by atoms with Gasteiger partial charge in [0, 0.05) is 0 Å². The van der Waals surface area contributed by atoms with Crippen molar-refractivity contribution in [2.24, 2.45) is 0 Å². The van der Waals surface area contributed by atoms with Gasteiger partial charge in [-0.05, 0) is 70.7 Å². The van der Waals surface area contributed by atoms with Gasteiger partial charge in [-0.3, -0.25) is 0 Å². The first kappa shape index (κ1) is 19.2. The Morgan fingerprint density at radius 3 is 1.81 bits per heavy atom. The summed E-state index contributed by atoms with van der Waals surface area (Å²) in [4.78, 5) is 14.4. The number of aryl methyl sites for hydroxylation is 6. The molecule has 0 radical (unpaired) electrons.